The van der Waals surface area contributed by atoms with E-state index in [1.54, 1.807) is 0 Å². The van der Waals surface area contributed by atoms with Crippen LogP contribution in [0.5, 0.6) is 0 Å². The van der Waals surface area contributed by atoms with Crippen molar-refractivity contribution >= 4 is 0 Å². The fourth-order valence-corrected chi connectivity index (χ4v) is 1.85. The van der Waals surface area contributed by atoms with Crippen molar-refractivity contribution in [2.75, 3.05) is 26.4 Å². The predicted octanol–water partition coefficient (Wildman–Crippen LogP) is 2.76. The van der Waals surface area contributed by atoms with Gasteiger partial charge in [-0.3, -0.25) is 0 Å². The second-order valence-electron chi connectivity index (χ2n) is 4.03. The molecule has 1 unspecified atom stereocenters. The van der Waals surface area contributed by atoms with Crippen molar-refractivity contribution in [1.29, 1.82) is 0 Å². The second kappa shape index (κ2) is 8.74. The molecule has 0 radical (unpaired) electrons. The first-order valence-corrected chi connectivity index (χ1v) is 6.32. The molecule has 0 saturated carbocycles. The van der Waals surface area contributed by atoms with Crippen molar-refractivity contribution in [1.82, 2.24) is 0 Å². The fourth-order valence-electron chi connectivity index (χ4n) is 1.85. The number of ether oxygens (including phenoxy) is 3. The van der Waals surface area contributed by atoms with Crippen molar-refractivity contribution in [3.8, 4) is 0 Å². The van der Waals surface area contributed by atoms with Gasteiger partial charge < -0.3 is 14.2 Å². The van der Waals surface area contributed by atoms with Crippen LogP contribution in [0.1, 0.15) is 33.1 Å². The Morgan fingerprint density at radius 2 is 1.94 bits per heavy atom. The van der Waals surface area contributed by atoms with E-state index in [0.29, 0.717) is 25.7 Å². The Morgan fingerprint density at radius 1 is 1.19 bits per heavy atom. The van der Waals surface area contributed by atoms with Crippen LogP contribution < -0.4 is 0 Å². The van der Waals surface area contributed by atoms with E-state index in [2.05, 4.69) is 12.2 Å². The van der Waals surface area contributed by atoms with Crippen LogP contribution in [-0.4, -0.2) is 32.7 Å². The summed E-state index contributed by atoms with van der Waals surface area (Å²) in [5.74, 6) is 0.675. The molecule has 3 heteroatoms. The lowest BCUT2D eigenvalue weighted by Crippen LogP contribution is -2.25. The quantitative estimate of drug-likeness (QED) is 0.472. The lowest BCUT2D eigenvalue weighted by Gasteiger charge is -2.20. The van der Waals surface area contributed by atoms with Gasteiger partial charge in [-0.25, -0.2) is 0 Å². The average Bonchev–Trinajstić information content (AvgIpc) is 2.31. The third kappa shape index (κ3) is 5.64. The standard InChI is InChI=1S/C13H24O3/c1-3-15-13(16-4-2)11-14-10-12-8-6-5-7-9-12/h5-6,12-13H,3-4,7-11H2,1-2H3. The maximum Gasteiger partial charge on any atom is 0.180 e. The van der Waals surface area contributed by atoms with Gasteiger partial charge in [-0.15, -0.1) is 0 Å². The molecule has 0 aliphatic heterocycles. The van der Waals surface area contributed by atoms with E-state index < -0.39 is 0 Å². The van der Waals surface area contributed by atoms with Gasteiger partial charge in [-0.2, -0.15) is 0 Å². The van der Waals surface area contributed by atoms with Gasteiger partial charge in [0.15, 0.2) is 6.29 Å². The highest BCUT2D eigenvalue weighted by molar-refractivity contribution is 4.89. The normalized spacial score (nSPS) is 20.6. The molecule has 0 amide bonds. The molecule has 1 atom stereocenters. The highest BCUT2D eigenvalue weighted by atomic mass is 16.7. The number of rotatable bonds is 8. The molecule has 0 N–H and O–H groups in total. The van der Waals surface area contributed by atoms with Crippen LogP contribution in [0, 0.1) is 5.92 Å². The summed E-state index contributed by atoms with van der Waals surface area (Å²) in [4.78, 5) is 0. The third-order valence-electron chi connectivity index (χ3n) is 2.69. The Hall–Kier alpha value is -0.380. The molecule has 3 nitrogen and oxygen atoms in total. The summed E-state index contributed by atoms with van der Waals surface area (Å²) >= 11 is 0. The monoisotopic (exact) mass is 228 g/mol. The van der Waals surface area contributed by atoms with Crippen molar-refractivity contribution in [3.05, 3.63) is 12.2 Å². The van der Waals surface area contributed by atoms with E-state index in [9.17, 15) is 0 Å². The third-order valence-corrected chi connectivity index (χ3v) is 2.69. The number of hydrogen-bond acceptors (Lipinski definition) is 3. The van der Waals surface area contributed by atoms with Gasteiger partial charge in [-0.1, -0.05) is 12.2 Å². The Labute approximate surface area is 98.8 Å². The van der Waals surface area contributed by atoms with E-state index in [1.165, 1.54) is 12.8 Å². The zero-order valence-electron chi connectivity index (χ0n) is 10.5. The van der Waals surface area contributed by atoms with Crippen LogP contribution >= 0.6 is 0 Å². The van der Waals surface area contributed by atoms with Gasteiger partial charge in [0, 0.05) is 19.8 Å². The van der Waals surface area contributed by atoms with Crippen LogP contribution in [-0.2, 0) is 14.2 Å². The van der Waals surface area contributed by atoms with Crippen molar-refractivity contribution in [2.45, 2.75) is 39.4 Å². The molecule has 1 rings (SSSR count). The molecular formula is C13H24O3. The molecule has 1 aliphatic rings. The molecule has 1 aliphatic carbocycles. The Bertz CT molecular complexity index is 186. The maximum absolute atomic E-state index is 5.66. The molecule has 0 heterocycles. The number of allylic oxidation sites excluding steroid dienone is 2. The summed E-state index contributed by atoms with van der Waals surface area (Å²) in [6.07, 6.45) is 7.88. The predicted molar refractivity (Wildman–Crippen MR) is 64.3 cm³/mol. The van der Waals surface area contributed by atoms with Gasteiger partial charge in [-0.05, 0) is 39.0 Å². The van der Waals surface area contributed by atoms with E-state index in [4.69, 9.17) is 14.2 Å². The van der Waals surface area contributed by atoms with Gasteiger partial charge in [0.2, 0.25) is 0 Å². The summed E-state index contributed by atoms with van der Waals surface area (Å²) in [6, 6.07) is 0. The Balaban J connectivity index is 2.09. The van der Waals surface area contributed by atoms with Crippen LogP contribution in [0.15, 0.2) is 12.2 Å². The molecule has 0 aromatic rings. The highest BCUT2D eigenvalue weighted by Crippen LogP contribution is 2.18. The van der Waals surface area contributed by atoms with Crippen LogP contribution in [0.2, 0.25) is 0 Å². The minimum atomic E-state index is -0.200. The minimum Gasteiger partial charge on any atom is -0.376 e. The molecule has 94 valence electrons. The molecule has 0 aromatic heterocycles. The summed E-state index contributed by atoms with van der Waals surface area (Å²) in [6.45, 7) is 6.64. The minimum absolute atomic E-state index is 0.200. The average molecular weight is 228 g/mol. The van der Waals surface area contributed by atoms with Crippen LogP contribution in [0.3, 0.4) is 0 Å². The summed E-state index contributed by atoms with van der Waals surface area (Å²) < 4.78 is 16.5. The topological polar surface area (TPSA) is 27.7 Å². The van der Waals surface area contributed by atoms with E-state index in [0.717, 1.165) is 13.0 Å². The first-order chi connectivity index (χ1) is 7.86. The summed E-state index contributed by atoms with van der Waals surface area (Å²) in [7, 11) is 0. The molecular weight excluding hydrogens is 204 g/mol. The SMILES string of the molecule is CCOC(COCC1CC=CCC1)OCC. The molecule has 0 saturated heterocycles. The highest BCUT2D eigenvalue weighted by Gasteiger charge is 2.12. The molecule has 0 spiro atoms. The Kier molecular flexibility index (Phi) is 7.47. The lowest BCUT2D eigenvalue weighted by atomic mass is 9.95. The van der Waals surface area contributed by atoms with Crippen molar-refractivity contribution < 1.29 is 14.2 Å². The first kappa shape index (κ1) is 13.7. The molecule has 16 heavy (non-hydrogen) atoms. The first-order valence-electron chi connectivity index (χ1n) is 6.32. The molecule has 0 aromatic carbocycles. The Morgan fingerprint density at radius 3 is 2.50 bits per heavy atom. The molecule has 0 fully saturated rings. The summed E-state index contributed by atoms with van der Waals surface area (Å²) in [5.41, 5.74) is 0. The second-order valence-corrected chi connectivity index (χ2v) is 4.03. The maximum atomic E-state index is 5.66. The van der Waals surface area contributed by atoms with Crippen LogP contribution in [0.4, 0.5) is 0 Å². The lowest BCUT2D eigenvalue weighted by molar-refractivity contribution is -0.169. The van der Waals surface area contributed by atoms with Gasteiger partial charge in [0.05, 0.1) is 6.61 Å². The zero-order valence-corrected chi connectivity index (χ0v) is 10.5. The zero-order chi connectivity index (χ0) is 11.6. The van der Waals surface area contributed by atoms with Crippen LogP contribution in [0.25, 0.3) is 0 Å². The fraction of sp³-hybridized carbons (Fsp3) is 0.846. The van der Waals surface area contributed by atoms with Crippen molar-refractivity contribution in [3.63, 3.8) is 0 Å². The smallest absolute Gasteiger partial charge is 0.180 e. The number of hydrogen-bond donors (Lipinski definition) is 0. The van der Waals surface area contributed by atoms with Gasteiger partial charge >= 0.3 is 0 Å². The van der Waals surface area contributed by atoms with E-state index in [-0.39, 0.29) is 6.29 Å². The largest absolute Gasteiger partial charge is 0.376 e. The summed E-state index contributed by atoms with van der Waals surface area (Å²) in [5, 5.41) is 0. The van der Waals surface area contributed by atoms with Gasteiger partial charge in [0.1, 0.15) is 0 Å². The van der Waals surface area contributed by atoms with Crippen molar-refractivity contribution in [2.24, 2.45) is 5.92 Å². The van der Waals surface area contributed by atoms with Gasteiger partial charge in [0.25, 0.3) is 0 Å². The van der Waals surface area contributed by atoms with E-state index in [1.807, 2.05) is 13.8 Å². The molecule has 0 bridgehead atoms. The van der Waals surface area contributed by atoms with E-state index >= 15 is 0 Å².